The van der Waals surface area contributed by atoms with Crippen molar-refractivity contribution in [3.8, 4) is 17.1 Å². The molecule has 130 valence electrons. The van der Waals surface area contributed by atoms with Gasteiger partial charge in [0.2, 0.25) is 0 Å². The van der Waals surface area contributed by atoms with E-state index in [9.17, 15) is 4.79 Å². The second-order valence-electron chi connectivity index (χ2n) is 5.56. The average Bonchev–Trinajstić information content (AvgIpc) is 3.35. The molecule has 0 aliphatic heterocycles. The number of rotatable bonds is 5. The number of benzene rings is 2. The van der Waals surface area contributed by atoms with Crippen LogP contribution < -0.4 is 10.1 Å². The summed E-state index contributed by atoms with van der Waals surface area (Å²) in [5.41, 5.74) is 3.56. The van der Waals surface area contributed by atoms with Crippen LogP contribution in [0.25, 0.3) is 22.4 Å². The Hall–Kier alpha value is -3.26. The zero-order valence-electron chi connectivity index (χ0n) is 13.8. The van der Waals surface area contributed by atoms with E-state index in [1.54, 1.807) is 31.4 Å². The Balaban J connectivity index is 1.42. The molecule has 0 spiro atoms. The van der Waals surface area contributed by atoms with Gasteiger partial charge in [0, 0.05) is 17.2 Å². The molecule has 1 amide bonds. The smallest absolute Gasteiger partial charge is 0.251 e. The van der Waals surface area contributed by atoms with Gasteiger partial charge in [0.15, 0.2) is 5.76 Å². The van der Waals surface area contributed by atoms with E-state index < -0.39 is 0 Å². The largest absolute Gasteiger partial charge is 0.497 e. The quantitative estimate of drug-likeness (QED) is 0.583. The molecule has 0 radical (unpaired) electrons. The van der Waals surface area contributed by atoms with Gasteiger partial charge in [0.25, 0.3) is 5.91 Å². The summed E-state index contributed by atoms with van der Waals surface area (Å²) in [6, 6.07) is 14.5. The number of nitrogens with zero attached hydrogens (tertiary/aromatic N) is 3. The molecular formula is C18H14N4O3S. The van der Waals surface area contributed by atoms with Crippen LogP contribution in [0.1, 0.15) is 16.1 Å². The van der Waals surface area contributed by atoms with Crippen LogP contribution in [0.4, 0.5) is 0 Å². The fourth-order valence-electron chi connectivity index (χ4n) is 2.48. The zero-order chi connectivity index (χ0) is 17.9. The molecule has 8 heteroatoms. The predicted molar refractivity (Wildman–Crippen MR) is 97.1 cm³/mol. The van der Waals surface area contributed by atoms with Crippen molar-refractivity contribution in [2.75, 3.05) is 7.11 Å². The standard InChI is InChI=1S/C18H14N4O3S/c1-24-14-5-2-11(3-6-14)17-9-13(20-25-17)10-19-18(23)12-4-7-15-16(8-12)22-26-21-15/h2-9H,10H2,1H3,(H,19,23). The molecule has 2 aromatic carbocycles. The first-order valence-corrected chi connectivity index (χ1v) is 8.56. The molecule has 0 aliphatic rings. The lowest BCUT2D eigenvalue weighted by atomic mass is 10.1. The molecule has 2 aromatic heterocycles. The van der Waals surface area contributed by atoms with Gasteiger partial charge in [0.1, 0.15) is 22.5 Å². The summed E-state index contributed by atoms with van der Waals surface area (Å²) in [5, 5.41) is 6.83. The highest BCUT2D eigenvalue weighted by Gasteiger charge is 2.11. The minimum absolute atomic E-state index is 0.200. The molecular weight excluding hydrogens is 352 g/mol. The van der Waals surface area contributed by atoms with E-state index in [-0.39, 0.29) is 12.5 Å². The van der Waals surface area contributed by atoms with Gasteiger partial charge < -0.3 is 14.6 Å². The summed E-state index contributed by atoms with van der Waals surface area (Å²) in [5.74, 6) is 1.20. The van der Waals surface area contributed by atoms with Crippen molar-refractivity contribution in [1.29, 1.82) is 0 Å². The number of aromatic nitrogens is 3. The maximum absolute atomic E-state index is 12.3. The van der Waals surface area contributed by atoms with Crippen LogP contribution in [0.2, 0.25) is 0 Å². The highest BCUT2D eigenvalue weighted by molar-refractivity contribution is 7.00. The molecule has 0 saturated heterocycles. The Morgan fingerprint density at radius 2 is 1.92 bits per heavy atom. The Bertz CT molecular complexity index is 1060. The van der Waals surface area contributed by atoms with Gasteiger partial charge in [-0.1, -0.05) is 5.16 Å². The lowest BCUT2D eigenvalue weighted by Crippen LogP contribution is -2.22. The Labute approximate surface area is 152 Å². The molecule has 4 rings (SSSR count). The van der Waals surface area contributed by atoms with Crippen molar-refractivity contribution in [2.45, 2.75) is 6.54 Å². The van der Waals surface area contributed by atoms with E-state index in [1.807, 2.05) is 24.3 Å². The number of carbonyl (C=O) groups is 1. The van der Waals surface area contributed by atoms with Gasteiger partial charge in [-0.05, 0) is 42.5 Å². The number of hydrogen-bond acceptors (Lipinski definition) is 7. The third-order valence-electron chi connectivity index (χ3n) is 3.88. The highest BCUT2D eigenvalue weighted by atomic mass is 32.1. The van der Waals surface area contributed by atoms with Gasteiger partial charge in [-0.15, -0.1) is 0 Å². The monoisotopic (exact) mass is 366 g/mol. The number of nitrogens with one attached hydrogen (secondary N) is 1. The van der Waals surface area contributed by atoms with Crippen molar-refractivity contribution in [1.82, 2.24) is 19.2 Å². The van der Waals surface area contributed by atoms with Crippen LogP contribution in [0.3, 0.4) is 0 Å². The molecule has 7 nitrogen and oxygen atoms in total. The fraction of sp³-hybridized carbons (Fsp3) is 0.111. The first-order valence-electron chi connectivity index (χ1n) is 7.83. The van der Waals surface area contributed by atoms with Gasteiger partial charge in [-0.25, -0.2) is 0 Å². The maximum Gasteiger partial charge on any atom is 0.251 e. The van der Waals surface area contributed by atoms with Crippen molar-refractivity contribution >= 4 is 28.7 Å². The van der Waals surface area contributed by atoms with Crippen molar-refractivity contribution < 1.29 is 14.1 Å². The minimum atomic E-state index is -0.200. The van der Waals surface area contributed by atoms with E-state index in [4.69, 9.17) is 9.26 Å². The second kappa shape index (κ2) is 6.93. The van der Waals surface area contributed by atoms with Gasteiger partial charge in [0.05, 0.1) is 25.4 Å². The first-order chi connectivity index (χ1) is 12.7. The lowest BCUT2D eigenvalue weighted by Gasteiger charge is -2.02. The predicted octanol–water partition coefficient (Wildman–Crippen LogP) is 3.28. The van der Waals surface area contributed by atoms with E-state index >= 15 is 0 Å². The van der Waals surface area contributed by atoms with Crippen molar-refractivity contribution in [3.63, 3.8) is 0 Å². The number of hydrogen-bond donors (Lipinski definition) is 1. The number of ether oxygens (including phenoxy) is 1. The summed E-state index contributed by atoms with van der Waals surface area (Å²) in [6.45, 7) is 0.270. The molecule has 0 aliphatic carbocycles. The molecule has 0 saturated carbocycles. The van der Waals surface area contributed by atoms with E-state index in [0.717, 1.165) is 28.6 Å². The Morgan fingerprint density at radius 1 is 1.12 bits per heavy atom. The van der Waals surface area contributed by atoms with E-state index in [2.05, 4.69) is 19.2 Å². The second-order valence-corrected chi connectivity index (χ2v) is 6.09. The van der Waals surface area contributed by atoms with Crippen LogP contribution in [0.5, 0.6) is 5.75 Å². The Kier molecular flexibility index (Phi) is 4.32. The van der Waals surface area contributed by atoms with E-state index in [1.165, 1.54) is 0 Å². The summed E-state index contributed by atoms with van der Waals surface area (Å²) in [7, 11) is 1.62. The zero-order valence-corrected chi connectivity index (χ0v) is 14.6. The van der Waals surface area contributed by atoms with Crippen LogP contribution in [0, 0.1) is 0 Å². The normalized spacial score (nSPS) is 10.8. The topological polar surface area (TPSA) is 90.1 Å². The van der Waals surface area contributed by atoms with Crippen molar-refractivity contribution in [2.24, 2.45) is 0 Å². The third-order valence-corrected chi connectivity index (χ3v) is 4.44. The average molecular weight is 366 g/mol. The summed E-state index contributed by atoms with van der Waals surface area (Å²) >= 11 is 1.12. The number of amides is 1. The third kappa shape index (κ3) is 3.27. The number of carbonyl (C=O) groups excluding carboxylic acids is 1. The molecule has 0 fully saturated rings. The molecule has 0 atom stereocenters. The van der Waals surface area contributed by atoms with Gasteiger partial charge >= 0.3 is 0 Å². The molecule has 2 heterocycles. The van der Waals surface area contributed by atoms with Crippen LogP contribution >= 0.6 is 11.7 Å². The van der Waals surface area contributed by atoms with Crippen LogP contribution in [-0.4, -0.2) is 26.9 Å². The molecule has 0 unspecified atom stereocenters. The van der Waals surface area contributed by atoms with Gasteiger partial charge in [-0.2, -0.15) is 8.75 Å². The number of fused-ring (bicyclic) bond motifs is 1. The summed E-state index contributed by atoms with van der Waals surface area (Å²) < 4.78 is 18.8. The molecule has 0 bridgehead atoms. The molecule has 1 N–H and O–H groups in total. The fourth-order valence-corrected chi connectivity index (χ4v) is 3.00. The number of methoxy groups -OCH3 is 1. The van der Waals surface area contributed by atoms with Crippen molar-refractivity contribution in [3.05, 3.63) is 59.8 Å². The SMILES string of the molecule is COc1ccc(-c2cc(CNC(=O)c3ccc4nsnc4c3)no2)cc1. The summed E-state index contributed by atoms with van der Waals surface area (Å²) in [6.07, 6.45) is 0. The van der Waals surface area contributed by atoms with E-state index in [0.29, 0.717) is 22.5 Å². The summed E-state index contributed by atoms with van der Waals surface area (Å²) in [4.78, 5) is 12.3. The molecule has 4 aromatic rings. The minimum Gasteiger partial charge on any atom is -0.497 e. The van der Waals surface area contributed by atoms with Crippen LogP contribution in [0.15, 0.2) is 53.1 Å². The molecule has 26 heavy (non-hydrogen) atoms. The van der Waals surface area contributed by atoms with Crippen LogP contribution in [-0.2, 0) is 6.54 Å². The maximum atomic E-state index is 12.3. The van der Waals surface area contributed by atoms with Gasteiger partial charge in [-0.3, -0.25) is 4.79 Å². The Morgan fingerprint density at radius 3 is 2.73 bits per heavy atom. The first kappa shape index (κ1) is 16.2. The highest BCUT2D eigenvalue weighted by Crippen LogP contribution is 2.23. The lowest BCUT2D eigenvalue weighted by molar-refractivity contribution is 0.0950.